The number of nitrogens with one attached hydrogen (secondary N) is 1. The lowest BCUT2D eigenvalue weighted by Gasteiger charge is -2.13. The molecule has 0 aromatic heterocycles. The van der Waals surface area contributed by atoms with Gasteiger partial charge in [-0.3, -0.25) is 0 Å². The van der Waals surface area contributed by atoms with E-state index in [1.807, 2.05) is 12.1 Å². The van der Waals surface area contributed by atoms with Crippen LogP contribution in [0.5, 0.6) is 11.5 Å². The number of nitriles is 1. The fraction of sp³-hybridized carbons (Fsp3) is 0.235. The van der Waals surface area contributed by atoms with E-state index in [2.05, 4.69) is 37.4 Å². The predicted molar refractivity (Wildman–Crippen MR) is 79.8 cm³/mol. The summed E-state index contributed by atoms with van der Waals surface area (Å²) in [5.41, 5.74) is 1.87. The zero-order valence-corrected chi connectivity index (χ0v) is 11.8. The summed E-state index contributed by atoms with van der Waals surface area (Å²) >= 11 is 0. The molecule has 102 valence electrons. The van der Waals surface area contributed by atoms with Crippen molar-refractivity contribution < 1.29 is 4.74 Å². The Balaban J connectivity index is 2.04. The maximum absolute atomic E-state index is 8.75. The number of ether oxygens (including phenoxy) is 1. The Morgan fingerprint density at radius 1 is 1.05 bits per heavy atom. The van der Waals surface area contributed by atoms with Gasteiger partial charge in [0.25, 0.3) is 0 Å². The lowest BCUT2D eigenvalue weighted by atomic mass is 10.1. The Morgan fingerprint density at radius 3 is 2.10 bits per heavy atom. The minimum Gasteiger partial charge on any atom is -0.457 e. The van der Waals surface area contributed by atoms with Gasteiger partial charge in [0.2, 0.25) is 0 Å². The average molecular weight is 266 g/mol. The van der Waals surface area contributed by atoms with Gasteiger partial charge in [-0.15, -0.1) is 0 Å². The Labute approximate surface area is 119 Å². The first-order valence-corrected chi connectivity index (χ1v) is 6.74. The molecule has 0 aliphatic heterocycles. The number of hydrogen-bond donors (Lipinski definition) is 1. The van der Waals surface area contributed by atoms with E-state index in [0.717, 1.165) is 18.0 Å². The van der Waals surface area contributed by atoms with Gasteiger partial charge in [0.05, 0.1) is 11.6 Å². The third kappa shape index (κ3) is 3.59. The summed E-state index contributed by atoms with van der Waals surface area (Å²) in [5, 5.41) is 12.1. The van der Waals surface area contributed by atoms with E-state index in [9.17, 15) is 0 Å². The first-order valence-electron chi connectivity index (χ1n) is 6.74. The van der Waals surface area contributed by atoms with E-state index in [4.69, 9.17) is 10.00 Å². The van der Waals surface area contributed by atoms with Crippen LogP contribution < -0.4 is 10.1 Å². The van der Waals surface area contributed by atoms with Gasteiger partial charge >= 0.3 is 0 Å². The molecule has 2 aromatic carbocycles. The van der Waals surface area contributed by atoms with Crippen molar-refractivity contribution >= 4 is 0 Å². The quantitative estimate of drug-likeness (QED) is 0.889. The molecule has 1 N–H and O–H groups in total. The fourth-order valence-corrected chi connectivity index (χ4v) is 1.98. The molecule has 3 heteroatoms. The second-order valence-electron chi connectivity index (χ2n) is 4.59. The molecule has 0 aliphatic rings. The van der Waals surface area contributed by atoms with Crippen LogP contribution >= 0.6 is 0 Å². The van der Waals surface area contributed by atoms with Crippen molar-refractivity contribution in [3.63, 3.8) is 0 Å². The fourth-order valence-electron chi connectivity index (χ4n) is 1.98. The van der Waals surface area contributed by atoms with Gasteiger partial charge in [0, 0.05) is 6.04 Å². The van der Waals surface area contributed by atoms with Crippen LogP contribution in [-0.4, -0.2) is 6.54 Å². The largest absolute Gasteiger partial charge is 0.457 e. The van der Waals surface area contributed by atoms with Crippen molar-refractivity contribution in [3.05, 3.63) is 59.7 Å². The van der Waals surface area contributed by atoms with E-state index in [1.165, 1.54) is 5.56 Å². The molecule has 0 saturated heterocycles. The molecule has 0 radical (unpaired) electrons. The van der Waals surface area contributed by atoms with Gasteiger partial charge in [-0.1, -0.05) is 19.1 Å². The van der Waals surface area contributed by atoms with Crippen LogP contribution in [0.3, 0.4) is 0 Å². The Morgan fingerprint density at radius 2 is 1.60 bits per heavy atom. The lowest BCUT2D eigenvalue weighted by Crippen LogP contribution is -2.17. The average Bonchev–Trinajstić information content (AvgIpc) is 2.49. The van der Waals surface area contributed by atoms with Crippen molar-refractivity contribution in [2.45, 2.75) is 19.9 Å². The Hall–Kier alpha value is -2.31. The van der Waals surface area contributed by atoms with Crippen molar-refractivity contribution in [1.82, 2.24) is 5.32 Å². The topological polar surface area (TPSA) is 45.0 Å². The standard InChI is InChI=1S/C17H18N2O/c1-3-19-13(2)15-6-10-17(11-7-15)20-16-8-4-14(12-18)5-9-16/h4-11,13,19H,3H2,1-2H3. The summed E-state index contributed by atoms with van der Waals surface area (Å²) in [4.78, 5) is 0. The zero-order valence-electron chi connectivity index (χ0n) is 11.8. The normalized spacial score (nSPS) is 11.7. The zero-order chi connectivity index (χ0) is 14.4. The van der Waals surface area contributed by atoms with Gasteiger partial charge in [0.1, 0.15) is 11.5 Å². The maximum atomic E-state index is 8.75. The van der Waals surface area contributed by atoms with Gasteiger partial charge < -0.3 is 10.1 Å². The second kappa shape index (κ2) is 6.74. The van der Waals surface area contributed by atoms with Crippen LogP contribution in [-0.2, 0) is 0 Å². The van der Waals surface area contributed by atoms with Gasteiger partial charge in [-0.25, -0.2) is 0 Å². The number of benzene rings is 2. The van der Waals surface area contributed by atoms with Crippen LogP contribution in [0.2, 0.25) is 0 Å². The molecule has 0 spiro atoms. The van der Waals surface area contributed by atoms with Crippen LogP contribution in [0.25, 0.3) is 0 Å². The molecular weight excluding hydrogens is 248 g/mol. The molecule has 0 saturated carbocycles. The summed E-state index contributed by atoms with van der Waals surface area (Å²) < 4.78 is 5.74. The molecule has 2 rings (SSSR count). The number of nitrogens with zero attached hydrogens (tertiary/aromatic N) is 1. The van der Waals surface area contributed by atoms with Gasteiger partial charge in [-0.05, 0) is 55.4 Å². The van der Waals surface area contributed by atoms with Crippen molar-refractivity contribution in [1.29, 1.82) is 5.26 Å². The van der Waals surface area contributed by atoms with Crippen molar-refractivity contribution in [3.8, 4) is 17.6 Å². The minimum atomic E-state index is 0.337. The molecule has 0 fully saturated rings. The van der Waals surface area contributed by atoms with Crippen LogP contribution in [0.4, 0.5) is 0 Å². The van der Waals surface area contributed by atoms with E-state index in [-0.39, 0.29) is 0 Å². The third-order valence-electron chi connectivity index (χ3n) is 3.11. The third-order valence-corrected chi connectivity index (χ3v) is 3.11. The SMILES string of the molecule is CCNC(C)c1ccc(Oc2ccc(C#N)cc2)cc1. The van der Waals surface area contributed by atoms with Crippen LogP contribution in [0.1, 0.15) is 31.0 Å². The molecular formula is C17H18N2O. The van der Waals surface area contributed by atoms with Gasteiger partial charge in [-0.2, -0.15) is 5.26 Å². The second-order valence-corrected chi connectivity index (χ2v) is 4.59. The number of rotatable bonds is 5. The Kier molecular flexibility index (Phi) is 4.75. The molecule has 2 aromatic rings. The van der Waals surface area contributed by atoms with E-state index < -0.39 is 0 Å². The van der Waals surface area contributed by atoms with Crippen molar-refractivity contribution in [2.24, 2.45) is 0 Å². The smallest absolute Gasteiger partial charge is 0.127 e. The van der Waals surface area contributed by atoms with Crippen molar-refractivity contribution in [2.75, 3.05) is 6.54 Å². The molecule has 0 bridgehead atoms. The lowest BCUT2D eigenvalue weighted by molar-refractivity contribution is 0.482. The molecule has 0 aliphatic carbocycles. The molecule has 0 heterocycles. The number of hydrogen-bond acceptors (Lipinski definition) is 3. The summed E-state index contributed by atoms with van der Waals surface area (Å²) in [6.45, 7) is 5.18. The molecule has 0 amide bonds. The molecule has 1 atom stereocenters. The summed E-state index contributed by atoms with van der Waals surface area (Å²) in [6, 6.07) is 17.6. The summed E-state index contributed by atoms with van der Waals surface area (Å²) in [7, 11) is 0. The Bertz CT molecular complexity index is 582. The van der Waals surface area contributed by atoms with E-state index in [0.29, 0.717) is 11.6 Å². The first kappa shape index (κ1) is 14.1. The van der Waals surface area contributed by atoms with E-state index in [1.54, 1.807) is 24.3 Å². The highest BCUT2D eigenvalue weighted by Gasteiger charge is 2.04. The predicted octanol–water partition coefficient (Wildman–Crippen LogP) is 4.02. The van der Waals surface area contributed by atoms with Crippen LogP contribution in [0.15, 0.2) is 48.5 Å². The molecule has 3 nitrogen and oxygen atoms in total. The van der Waals surface area contributed by atoms with Crippen LogP contribution in [0, 0.1) is 11.3 Å². The highest BCUT2D eigenvalue weighted by molar-refractivity contribution is 5.38. The summed E-state index contributed by atoms with van der Waals surface area (Å²) in [5.74, 6) is 1.53. The van der Waals surface area contributed by atoms with Gasteiger partial charge in [0.15, 0.2) is 0 Å². The monoisotopic (exact) mass is 266 g/mol. The van der Waals surface area contributed by atoms with E-state index >= 15 is 0 Å². The highest BCUT2D eigenvalue weighted by atomic mass is 16.5. The molecule has 20 heavy (non-hydrogen) atoms. The summed E-state index contributed by atoms with van der Waals surface area (Å²) in [6.07, 6.45) is 0. The highest BCUT2D eigenvalue weighted by Crippen LogP contribution is 2.23. The first-order chi connectivity index (χ1) is 9.72. The maximum Gasteiger partial charge on any atom is 0.127 e. The minimum absolute atomic E-state index is 0.337. The molecule has 1 unspecified atom stereocenters.